The van der Waals surface area contributed by atoms with Gasteiger partial charge in [0.1, 0.15) is 10.8 Å². The minimum atomic E-state index is 0.380. The van der Waals surface area contributed by atoms with E-state index in [1.54, 1.807) is 6.20 Å². The Morgan fingerprint density at radius 1 is 1.35 bits per heavy atom. The van der Waals surface area contributed by atoms with E-state index in [0.717, 1.165) is 24.5 Å². The summed E-state index contributed by atoms with van der Waals surface area (Å²) in [6.45, 7) is 1.88. The second-order valence-electron chi connectivity index (χ2n) is 4.63. The highest BCUT2D eigenvalue weighted by Gasteiger charge is 2.34. The largest absolute Gasteiger partial charge is 0.389 e. The van der Waals surface area contributed by atoms with Crippen LogP contribution in [0.25, 0.3) is 0 Å². The van der Waals surface area contributed by atoms with Crippen LogP contribution in [0.15, 0.2) is 18.3 Å². The third-order valence-corrected chi connectivity index (χ3v) is 3.64. The summed E-state index contributed by atoms with van der Waals surface area (Å²) in [6.07, 6.45) is 4.85. The molecule has 2 aliphatic rings. The van der Waals surface area contributed by atoms with Crippen LogP contribution in [-0.4, -0.2) is 35.3 Å². The molecule has 3 rings (SSSR count). The average molecular weight is 249 g/mol. The van der Waals surface area contributed by atoms with Gasteiger partial charge >= 0.3 is 0 Å². The number of fused-ring (bicyclic) bond motifs is 2. The molecular formula is C12H15N3OS. The van der Waals surface area contributed by atoms with Crippen LogP contribution in [0, 0.1) is 0 Å². The van der Waals surface area contributed by atoms with Crippen molar-refractivity contribution in [2.24, 2.45) is 5.73 Å². The van der Waals surface area contributed by atoms with Crippen molar-refractivity contribution in [3.05, 3.63) is 23.9 Å². The highest BCUT2D eigenvalue weighted by molar-refractivity contribution is 7.80. The van der Waals surface area contributed by atoms with Crippen LogP contribution >= 0.6 is 12.2 Å². The first-order valence-electron chi connectivity index (χ1n) is 5.88. The number of thiocarbonyl (C=S) groups is 1. The molecule has 0 aliphatic carbocycles. The van der Waals surface area contributed by atoms with Crippen LogP contribution < -0.4 is 10.6 Å². The zero-order valence-corrected chi connectivity index (χ0v) is 10.3. The summed E-state index contributed by atoms with van der Waals surface area (Å²) in [5.74, 6) is 0.991. The Morgan fingerprint density at radius 3 is 2.59 bits per heavy atom. The fourth-order valence-corrected chi connectivity index (χ4v) is 2.64. The van der Waals surface area contributed by atoms with Crippen molar-refractivity contribution in [3.63, 3.8) is 0 Å². The first kappa shape index (κ1) is 10.9. The number of nitrogens with two attached hydrogens (primary N) is 1. The second kappa shape index (κ2) is 4.23. The molecule has 2 saturated heterocycles. The fraction of sp³-hybridized carbons (Fsp3) is 0.500. The van der Waals surface area contributed by atoms with Crippen molar-refractivity contribution in [2.75, 3.05) is 18.0 Å². The van der Waals surface area contributed by atoms with Gasteiger partial charge in [0.05, 0.1) is 12.2 Å². The maximum Gasteiger partial charge on any atom is 0.128 e. The number of ether oxygens (including phenoxy) is 1. The summed E-state index contributed by atoms with van der Waals surface area (Å²) < 4.78 is 5.80. The fourth-order valence-electron chi connectivity index (χ4n) is 2.52. The van der Waals surface area contributed by atoms with Crippen LogP contribution in [0.1, 0.15) is 18.4 Å². The normalized spacial score (nSPS) is 27.2. The molecule has 3 heterocycles. The van der Waals surface area contributed by atoms with E-state index in [9.17, 15) is 0 Å². The molecule has 0 radical (unpaired) electrons. The Hall–Kier alpha value is -1.20. The lowest BCUT2D eigenvalue weighted by molar-refractivity contribution is 0.0302. The summed E-state index contributed by atoms with van der Waals surface area (Å²) >= 11 is 4.91. The summed E-state index contributed by atoms with van der Waals surface area (Å²) in [6, 6.07) is 3.92. The van der Waals surface area contributed by atoms with E-state index in [1.165, 1.54) is 12.8 Å². The number of morpholine rings is 1. The van der Waals surface area contributed by atoms with Crippen LogP contribution in [0.2, 0.25) is 0 Å². The predicted molar refractivity (Wildman–Crippen MR) is 70.2 cm³/mol. The van der Waals surface area contributed by atoms with Gasteiger partial charge in [0.15, 0.2) is 0 Å². The number of anilines is 1. The molecule has 4 nitrogen and oxygen atoms in total. The van der Waals surface area contributed by atoms with Crippen molar-refractivity contribution in [1.29, 1.82) is 0 Å². The van der Waals surface area contributed by atoms with Gasteiger partial charge in [-0.2, -0.15) is 0 Å². The molecule has 1 aromatic rings. The summed E-state index contributed by atoms with van der Waals surface area (Å²) in [4.78, 5) is 7.10. The standard InChI is InChI=1S/C12H15N3OS/c13-12(17)8-1-4-11(14-5-8)15-6-9-2-3-10(7-15)16-9/h1,4-5,9-10H,2-3,6-7H2,(H2,13,17). The Labute approximate surface area is 106 Å². The second-order valence-corrected chi connectivity index (χ2v) is 5.07. The topological polar surface area (TPSA) is 51.4 Å². The van der Waals surface area contributed by atoms with E-state index in [0.29, 0.717) is 17.2 Å². The first-order chi connectivity index (χ1) is 8.22. The van der Waals surface area contributed by atoms with E-state index in [1.807, 2.05) is 12.1 Å². The zero-order valence-electron chi connectivity index (χ0n) is 9.50. The molecule has 2 aliphatic heterocycles. The summed E-state index contributed by atoms with van der Waals surface area (Å²) in [7, 11) is 0. The van der Waals surface area contributed by atoms with Crippen LogP contribution in [-0.2, 0) is 4.74 Å². The van der Waals surface area contributed by atoms with Gasteiger partial charge in [0, 0.05) is 24.8 Å². The van der Waals surface area contributed by atoms with Gasteiger partial charge in [-0.05, 0) is 25.0 Å². The number of rotatable bonds is 2. The Morgan fingerprint density at radius 2 is 2.06 bits per heavy atom. The minimum Gasteiger partial charge on any atom is -0.389 e. The number of hydrogen-bond acceptors (Lipinski definition) is 4. The average Bonchev–Trinajstić information content (AvgIpc) is 2.68. The molecule has 2 fully saturated rings. The molecule has 2 N–H and O–H groups in total. The third kappa shape index (κ3) is 2.12. The number of pyridine rings is 1. The lowest BCUT2D eigenvalue weighted by atomic mass is 10.2. The van der Waals surface area contributed by atoms with Crippen molar-refractivity contribution < 1.29 is 4.74 Å². The predicted octanol–water partition coefficient (Wildman–Crippen LogP) is 1.08. The van der Waals surface area contributed by atoms with Crippen molar-refractivity contribution >= 4 is 23.0 Å². The van der Waals surface area contributed by atoms with E-state index in [2.05, 4.69) is 9.88 Å². The van der Waals surface area contributed by atoms with Gasteiger partial charge in [0.25, 0.3) is 0 Å². The number of hydrogen-bond donors (Lipinski definition) is 1. The van der Waals surface area contributed by atoms with E-state index < -0.39 is 0 Å². The van der Waals surface area contributed by atoms with Crippen LogP contribution in [0.4, 0.5) is 5.82 Å². The van der Waals surface area contributed by atoms with Crippen molar-refractivity contribution in [2.45, 2.75) is 25.0 Å². The van der Waals surface area contributed by atoms with Crippen molar-refractivity contribution in [3.8, 4) is 0 Å². The molecule has 2 atom stereocenters. The van der Waals surface area contributed by atoms with Gasteiger partial charge < -0.3 is 15.4 Å². The SMILES string of the molecule is NC(=S)c1ccc(N2CC3CCC(C2)O3)nc1. The quantitative estimate of drug-likeness (QED) is 0.795. The van der Waals surface area contributed by atoms with Gasteiger partial charge in [-0.3, -0.25) is 0 Å². The van der Waals surface area contributed by atoms with E-state index >= 15 is 0 Å². The third-order valence-electron chi connectivity index (χ3n) is 3.40. The molecule has 2 unspecified atom stereocenters. The Bertz CT molecular complexity index is 422. The molecule has 0 spiro atoms. The molecule has 17 heavy (non-hydrogen) atoms. The number of nitrogens with zero attached hydrogens (tertiary/aromatic N) is 2. The molecule has 1 aromatic heterocycles. The summed E-state index contributed by atoms with van der Waals surface area (Å²) in [5, 5.41) is 0. The number of aromatic nitrogens is 1. The van der Waals surface area contributed by atoms with E-state index in [-0.39, 0.29) is 0 Å². The smallest absolute Gasteiger partial charge is 0.128 e. The monoisotopic (exact) mass is 249 g/mol. The Kier molecular flexibility index (Phi) is 2.72. The Balaban J connectivity index is 1.78. The molecule has 5 heteroatoms. The highest BCUT2D eigenvalue weighted by Crippen LogP contribution is 2.28. The van der Waals surface area contributed by atoms with Gasteiger partial charge in [-0.15, -0.1) is 0 Å². The lowest BCUT2D eigenvalue weighted by Gasteiger charge is -2.32. The molecule has 0 amide bonds. The van der Waals surface area contributed by atoms with Gasteiger partial charge in [0.2, 0.25) is 0 Å². The minimum absolute atomic E-state index is 0.380. The van der Waals surface area contributed by atoms with Crippen LogP contribution in [0.5, 0.6) is 0 Å². The molecular weight excluding hydrogens is 234 g/mol. The summed E-state index contributed by atoms with van der Waals surface area (Å²) in [5.41, 5.74) is 6.37. The molecule has 90 valence electrons. The maximum atomic E-state index is 5.80. The molecule has 0 saturated carbocycles. The maximum absolute atomic E-state index is 5.80. The lowest BCUT2D eigenvalue weighted by Crippen LogP contribution is -2.43. The van der Waals surface area contributed by atoms with E-state index in [4.69, 9.17) is 22.7 Å². The van der Waals surface area contributed by atoms with Crippen molar-refractivity contribution in [1.82, 2.24) is 4.98 Å². The van der Waals surface area contributed by atoms with Gasteiger partial charge in [-0.1, -0.05) is 12.2 Å². The first-order valence-corrected chi connectivity index (χ1v) is 6.29. The molecule has 2 bridgehead atoms. The van der Waals surface area contributed by atoms with Crippen LogP contribution in [0.3, 0.4) is 0 Å². The molecule has 0 aromatic carbocycles. The van der Waals surface area contributed by atoms with Gasteiger partial charge in [-0.25, -0.2) is 4.98 Å². The zero-order chi connectivity index (χ0) is 11.8. The highest BCUT2D eigenvalue weighted by atomic mass is 32.1.